The molecule has 150 valence electrons. The van der Waals surface area contributed by atoms with E-state index in [4.69, 9.17) is 14.4 Å². The molecule has 2 N–H and O–H groups in total. The number of carboxylic acid groups (broad SMARTS) is 1. The van der Waals surface area contributed by atoms with E-state index in [0.717, 1.165) is 13.0 Å². The van der Waals surface area contributed by atoms with E-state index in [-0.39, 0.29) is 23.1 Å². The van der Waals surface area contributed by atoms with Crippen molar-refractivity contribution in [1.29, 1.82) is 0 Å². The van der Waals surface area contributed by atoms with Gasteiger partial charge in [-0.05, 0) is 13.0 Å². The van der Waals surface area contributed by atoms with E-state index >= 15 is 0 Å². The number of rotatable bonds is 2. The number of alkyl halides is 3. The first-order valence-corrected chi connectivity index (χ1v) is 8.11. The summed E-state index contributed by atoms with van der Waals surface area (Å²) in [5.74, 6) is -2.57. The SMILES string of the molecule is CCN1CC(=O)NCC12CCN(C(=O)c1ccno1)C2.O=C(O)C(F)(F)F. The molecule has 0 aromatic carbocycles. The molecule has 3 heterocycles. The average molecular weight is 392 g/mol. The smallest absolute Gasteiger partial charge is 0.475 e. The molecule has 12 heteroatoms. The Morgan fingerprint density at radius 2 is 2.11 bits per heavy atom. The average Bonchev–Trinajstić information content (AvgIpc) is 3.27. The highest BCUT2D eigenvalue weighted by Crippen LogP contribution is 2.30. The Kier molecular flexibility index (Phi) is 6.08. The summed E-state index contributed by atoms with van der Waals surface area (Å²) in [6, 6.07) is 1.58. The van der Waals surface area contributed by atoms with E-state index in [1.165, 1.54) is 6.20 Å². The lowest BCUT2D eigenvalue weighted by Crippen LogP contribution is -2.64. The van der Waals surface area contributed by atoms with Gasteiger partial charge in [0.1, 0.15) is 0 Å². The first kappa shape index (κ1) is 20.7. The number of carbonyl (C=O) groups excluding carboxylic acids is 2. The van der Waals surface area contributed by atoms with Crippen LogP contribution in [0.2, 0.25) is 0 Å². The first-order chi connectivity index (χ1) is 12.6. The van der Waals surface area contributed by atoms with Crippen molar-refractivity contribution in [3.8, 4) is 0 Å². The Morgan fingerprint density at radius 3 is 2.63 bits per heavy atom. The highest BCUT2D eigenvalue weighted by molar-refractivity contribution is 5.91. The molecule has 2 saturated heterocycles. The molecule has 2 aliphatic rings. The molecule has 0 bridgehead atoms. The van der Waals surface area contributed by atoms with Crippen LogP contribution in [-0.2, 0) is 9.59 Å². The van der Waals surface area contributed by atoms with Crippen molar-refractivity contribution in [2.75, 3.05) is 32.7 Å². The van der Waals surface area contributed by atoms with Crippen LogP contribution in [0.4, 0.5) is 13.2 Å². The number of likely N-dealkylation sites (tertiary alicyclic amines) is 1. The Labute approximate surface area is 152 Å². The number of aliphatic carboxylic acids is 1. The van der Waals surface area contributed by atoms with Gasteiger partial charge >= 0.3 is 12.1 Å². The van der Waals surface area contributed by atoms with Gasteiger partial charge in [-0.2, -0.15) is 13.2 Å². The summed E-state index contributed by atoms with van der Waals surface area (Å²) in [5.41, 5.74) is -0.141. The summed E-state index contributed by atoms with van der Waals surface area (Å²) in [6.07, 6.45) is -2.75. The number of likely N-dealkylation sites (N-methyl/N-ethyl adjacent to an activating group) is 1. The Hall–Kier alpha value is -2.63. The maximum atomic E-state index is 12.3. The van der Waals surface area contributed by atoms with Gasteiger partial charge in [-0.1, -0.05) is 12.1 Å². The number of halogens is 3. The Morgan fingerprint density at radius 1 is 1.44 bits per heavy atom. The van der Waals surface area contributed by atoms with E-state index < -0.39 is 12.1 Å². The van der Waals surface area contributed by atoms with E-state index in [2.05, 4.69) is 15.4 Å². The van der Waals surface area contributed by atoms with Gasteiger partial charge in [0.15, 0.2) is 0 Å². The fraction of sp³-hybridized carbons (Fsp3) is 0.600. The third-order valence-electron chi connectivity index (χ3n) is 4.51. The van der Waals surface area contributed by atoms with Crippen molar-refractivity contribution in [3.05, 3.63) is 18.0 Å². The minimum atomic E-state index is -5.08. The summed E-state index contributed by atoms with van der Waals surface area (Å²) in [6.45, 7) is 5.13. The molecule has 0 saturated carbocycles. The van der Waals surface area contributed by atoms with Crippen LogP contribution in [0.3, 0.4) is 0 Å². The molecule has 9 nitrogen and oxygen atoms in total. The minimum absolute atomic E-state index is 0.0532. The van der Waals surface area contributed by atoms with E-state index in [1.54, 1.807) is 11.0 Å². The van der Waals surface area contributed by atoms with E-state index in [1.807, 2.05) is 6.92 Å². The number of hydrogen-bond acceptors (Lipinski definition) is 6. The van der Waals surface area contributed by atoms with Gasteiger partial charge in [-0.15, -0.1) is 0 Å². The molecule has 1 spiro atoms. The van der Waals surface area contributed by atoms with Crippen LogP contribution in [-0.4, -0.2) is 82.3 Å². The number of aromatic nitrogens is 1. The molecule has 2 amide bonds. The van der Waals surface area contributed by atoms with Gasteiger partial charge < -0.3 is 19.8 Å². The number of nitrogens with one attached hydrogen (secondary N) is 1. The number of carboxylic acids is 1. The number of hydrogen-bond donors (Lipinski definition) is 2. The maximum Gasteiger partial charge on any atom is 0.490 e. The fourth-order valence-corrected chi connectivity index (χ4v) is 3.13. The molecular weight excluding hydrogens is 373 g/mol. The van der Waals surface area contributed by atoms with Gasteiger partial charge in [0.25, 0.3) is 5.91 Å². The summed E-state index contributed by atoms with van der Waals surface area (Å²) < 4.78 is 36.7. The summed E-state index contributed by atoms with van der Waals surface area (Å²) in [7, 11) is 0. The minimum Gasteiger partial charge on any atom is -0.475 e. The third kappa shape index (κ3) is 4.76. The molecule has 1 unspecified atom stereocenters. The summed E-state index contributed by atoms with van der Waals surface area (Å²) in [5, 5.41) is 13.6. The Balaban J connectivity index is 0.000000321. The summed E-state index contributed by atoms with van der Waals surface area (Å²) in [4.78, 5) is 36.6. The zero-order valence-corrected chi connectivity index (χ0v) is 14.5. The van der Waals surface area contributed by atoms with Crippen molar-refractivity contribution in [3.63, 3.8) is 0 Å². The lowest BCUT2D eigenvalue weighted by Gasteiger charge is -2.43. The largest absolute Gasteiger partial charge is 0.490 e. The third-order valence-corrected chi connectivity index (χ3v) is 4.51. The van der Waals surface area contributed by atoms with Crippen LogP contribution < -0.4 is 5.32 Å². The van der Waals surface area contributed by atoms with Gasteiger partial charge in [-0.25, -0.2) is 4.79 Å². The molecule has 3 rings (SSSR count). The monoisotopic (exact) mass is 392 g/mol. The predicted molar refractivity (Wildman–Crippen MR) is 83.7 cm³/mol. The lowest BCUT2D eigenvalue weighted by atomic mass is 9.93. The van der Waals surface area contributed by atoms with Gasteiger partial charge in [0, 0.05) is 25.7 Å². The number of piperazine rings is 1. The Bertz CT molecular complexity index is 694. The van der Waals surface area contributed by atoms with E-state index in [9.17, 15) is 22.8 Å². The van der Waals surface area contributed by atoms with Crippen LogP contribution >= 0.6 is 0 Å². The van der Waals surface area contributed by atoms with Crippen molar-refractivity contribution in [2.45, 2.75) is 25.1 Å². The molecule has 1 aromatic heterocycles. The van der Waals surface area contributed by atoms with Gasteiger partial charge in [0.05, 0.1) is 18.3 Å². The fourth-order valence-electron chi connectivity index (χ4n) is 3.13. The zero-order valence-electron chi connectivity index (χ0n) is 14.5. The van der Waals surface area contributed by atoms with E-state index in [0.29, 0.717) is 26.2 Å². The topological polar surface area (TPSA) is 116 Å². The molecule has 2 fully saturated rings. The van der Waals surface area contributed by atoms with Crippen LogP contribution in [0.1, 0.15) is 23.9 Å². The normalized spacial score (nSPS) is 23.0. The molecule has 0 radical (unpaired) electrons. The molecule has 1 aromatic rings. The zero-order chi connectivity index (χ0) is 20.2. The second kappa shape index (κ2) is 7.94. The molecule has 0 aliphatic carbocycles. The van der Waals surface area contributed by atoms with Crippen molar-refractivity contribution >= 4 is 17.8 Å². The van der Waals surface area contributed by atoms with Crippen molar-refractivity contribution in [2.24, 2.45) is 0 Å². The maximum absolute atomic E-state index is 12.3. The van der Waals surface area contributed by atoms with Crippen LogP contribution in [0.5, 0.6) is 0 Å². The van der Waals surface area contributed by atoms with Crippen LogP contribution in [0.25, 0.3) is 0 Å². The highest BCUT2D eigenvalue weighted by atomic mass is 19.4. The lowest BCUT2D eigenvalue weighted by molar-refractivity contribution is -0.192. The predicted octanol–water partition coefficient (Wildman–Crippen LogP) is 0.344. The van der Waals surface area contributed by atoms with Crippen LogP contribution in [0.15, 0.2) is 16.8 Å². The number of carbonyl (C=O) groups is 3. The van der Waals surface area contributed by atoms with Crippen LogP contribution in [0, 0.1) is 0 Å². The molecule has 1 atom stereocenters. The summed E-state index contributed by atoms with van der Waals surface area (Å²) >= 11 is 0. The van der Waals surface area contributed by atoms with Gasteiger partial charge in [-0.3, -0.25) is 14.5 Å². The standard InChI is InChI=1S/C13H18N4O3.C2HF3O2/c1-2-17-7-11(18)14-8-13(17)4-6-16(9-13)12(19)10-3-5-15-20-10;3-2(4,5)1(6)7/h3,5H,2,4,6-9H2,1H3,(H,14,18);(H,6,7). The van der Waals surface area contributed by atoms with Crippen molar-refractivity contribution in [1.82, 2.24) is 20.3 Å². The molecule has 2 aliphatic heterocycles. The molecule has 27 heavy (non-hydrogen) atoms. The second-order valence-electron chi connectivity index (χ2n) is 6.17. The number of amides is 2. The second-order valence-corrected chi connectivity index (χ2v) is 6.17. The quantitative estimate of drug-likeness (QED) is 0.746. The first-order valence-electron chi connectivity index (χ1n) is 8.11. The van der Waals surface area contributed by atoms with Gasteiger partial charge in [0.2, 0.25) is 11.7 Å². The van der Waals surface area contributed by atoms with Crippen molar-refractivity contribution < 1.29 is 37.2 Å². The number of nitrogens with zero attached hydrogens (tertiary/aromatic N) is 3. The highest BCUT2D eigenvalue weighted by Gasteiger charge is 2.47. The molecular formula is C15H19F3N4O5.